The van der Waals surface area contributed by atoms with Crippen LogP contribution in [0.5, 0.6) is 0 Å². The van der Waals surface area contributed by atoms with Crippen LogP contribution < -0.4 is 9.80 Å². The molecule has 0 fully saturated rings. The number of hydrogen-bond acceptors (Lipinski definition) is 2. The minimum Gasteiger partial charge on any atom is -0.310 e. The fourth-order valence-electron chi connectivity index (χ4n) is 8.87. The van der Waals surface area contributed by atoms with Gasteiger partial charge in [0.25, 0.3) is 0 Å². The molecule has 4 heterocycles. The second kappa shape index (κ2) is 11.8. The summed E-state index contributed by atoms with van der Waals surface area (Å²) in [5, 5.41) is 6.37. The Labute approximate surface area is 362 Å². The molecule has 0 unspecified atom stereocenters. The molecule has 0 aliphatic rings. The molecule has 4 aromatic heterocycles. The number of anilines is 6. The summed E-state index contributed by atoms with van der Waals surface area (Å²) in [5.74, 6) is 0. The van der Waals surface area contributed by atoms with E-state index in [1.165, 1.54) is 0 Å². The van der Waals surface area contributed by atoms with Gasteiger partial charge in [-0.25, -0.2) is 0 Å². The normalized spacial score (nSPS) is 17.0. The van der Waals surface area contributed by atoms with Gasteiger partial charge < -0.3 is 18.6 Å². The quantitative estimate of drug-likeness (QED) is 0.168. The molecule has 0 bridgehead atoms. The third kappa shape index (κ3) is 4.29. The van der Waals surface area contributed by atoms with Crippen LogP contribution in [0.3, 0.4) is 0 Å². The predicted octanol–water partition coefficient (Wildman–Crippen LogP) is 14.9. The number of aromatic nitrogens is 2. The van der Waals surface area contributed by atoms with Crippen LogP contribution in [0, 0.1) is 0 Å². The maximum Gasteiger partial charge on any atom is 0.0645 e. The van der Waals surface area contributed by atoms with Crippen molar-refractivity contribution in [2.75, 3.05) is 9.80 Å². The summed E-state index contributed by atoms with van der Waals surface area (Å²) in [6, 6.07) is 13.0. The van der Waals surface area contributed by atoms with E-state index in [0.29, 0.717) is 10.8 Å². The largest absolute Gasteiger partial charge is 0.310 e. The summed E-state index contributed by atoms with van der Waals surface area (Å²) >= 11 is 0. The van der Waals surface area contributed by atoms with Gasteiger partial charge in [-0.3, -0.25) is 0 Å². The molecule has 0 aliphatic heterocycles. The molecule has 0 saturated heterocycles. The van der Waals surface area contributed by atoms with Gasteiger partial charge in [-0.1, -0.05) is 109 Å². The van der Waals surface area contributed by atoms with E-state index >= 15 is 0 Å². The van der Waals surface area contributed by atoms with Crippen molar-refractivity contribution in [1.82, 2.24) is 8.80 Å². The van der Waals surface area contributed by atoms with Crippen LogP contribution in [0.15, 0.2) is 206 Å². The SMILES string of the molecule is [2H]c1c([2H])c([2H])c(N(c2ccc3c(c2)c2cccc4c5cc6c(cc5n3c24)c2cccc3c4cc(N(c5c([2H])c([2H])c([2H])c([2H])c5[2H])c5c([2H])c([2H])c([2H])c([2H])c5[2H])ccc4n6c32)c2c([2H])c([2H])c([2H])c([2H])c2[2H])c([2H])c1[2H]. The van der Waals surface area contributed by atoms with E-state index < -0.39 is 144 Å². The molecular formula is C54H34N4. The molecule has 4 nitrogen and oxygen atoms in total. The molecule has 0 spiro atoms. The second-order valence-electron chi connectivity index (χ2n) is 13.9. The zero-order chi connectivity index (χ0) is 55.3. The van der Waals surface area contributed by atoms with Crippen LogP contribution in [-0.4, -0.2) is 8.80 Å². The summed E-state index contributed by atoms with van der Waals surface area (Å²) < 4.78 is 178. The number of nitrogens with zero attached hydrogens (tertiary/aromatic N) is 4. The van der Waals surface area contributed by atoms with E-state index in [4.69, 9.17) is 27.4 Å². The predicted molar refractivity (Wildman–Crippen MR) is 245 cm³/mol. The fourth-order valence-corrected chi connectivity index (χ4v) is 8.87. The lowest BCUT2D eigenvalue weighted by molar-refractivity contribution is 1.28. The molecule has 13 rings (SSSR count). The van der Waals surface area contributed by atoms with Crippen molar-refractivity contribution < 1.29 is 27.4 Å². The molecule has 0 atom stereocenters. The van der Waals surface area contributed by atoms with Crippen molar-refractivity contribution in [1.29, 1.82) is 0 Å². The Hall–Kier alpha value is -7.82. The smallest absolute Gasteiger partial charge is 0.0645 e. The Morgan fingerprint density at radius 1 is 0.293 bits per heavy atom. The molecule has 270 valence electrons. The molecule has 0 amide bonds. The summed E-state index contributed by atoms with van der Waals surface area (Å²) in [5.41, 5.74) is 3.50. The van der Waals surface area contributed by atoms with Crippen LogP contribution in [0.2, 0.25) is 0 Å². The number of hydrogen-bond donors (Lipinski definition) is 0. The number of rotatable bonds is 6. The number of fused-ring (bicyclic) bond motifs is 12. The summed E-state index contributed by atoms with van der Waals surface area (Å²) in [4.78, 5) is 2.29. The van der Waals surface area contributed by atoms with Gasteiger partial charge in [-0.05, 0) is 96.9 Å². The lowest BCUT2D eigenvalue weighted by Gasteiger charge is -2.25. The molecule has 0 saturated carbocycles. The first-order valence-electron chi connectivity index (χ1n) is 28.3. The highest BCUT2D eigenvalue weighted by Gasteiger charge is 2.24. The zero-order valence-electron chi connectivity index (χ0n) is 49.9. The van der Waals surface area contributed by atoms with Crippen molar-refractivity contribution in [3.8, 4) is 0 Å². The first-order chi connectivity index (χ1) is 37.1. The van der Waals surface area contributed by atoms with Gasteiger partial charge in [-0.15, -0.1) is 0 Å². The Bertz CT molecular complexity index is 4330. The molecule has 58 heavy (non-hydrogen) atoms. The Morgan fingerprint density at radius 3 is 0.931 bits per heavy atom. The standard InChI is InChI=1S/C54H34N4/c1-5-15-35(16-6-1)55(36-17-7-2-8-18-36)39-27-29-49-45(31-39)41-23-13-25-43-47-34-52-48(33-51(47)57(49)53(41)43)44-26-14-24-42-46-32-40(28-30-50(46)58(52)54(42)44)56(37-19-9-3-10-20-37)38-21-11-4-12-22-38/h1-34H/i1D,2D,3D,4D,5D,6D,7D,8D,9D,10D,11D,12D,15D,16D,17D,18D,19D,20D,21D,22D. The summed E-state index contributed by atoms with van der Waals surface area (Å²) in [6.45, 7) is 0. The lowest BCUT2D eigenvalue weighted by atomic mass is 10.0. The van der Waals surface area contributed by atoms with E-state index in [1.807, 2.05) is 36.4 Å². The van der Waals surface area contributed by atoms with Crippen LogP contribution in [-0.2, 0) is 0 Å². The van der Waals surface area contributed by atoms with Crippen molar-refractivity contribution in [2.24, 2.45) is 0 Å². The average molecular weight is 759 g/mol. The fraction of sp³-hybridized carbons (Fsp3) is 0. The van der Waals surface area contributed by atoms with Crippen LogP contribution in [0.1, 0.15) is 27.4 Å². The Morgan fingerprint density at radius 2 is 0.603 bits per heavy atom. The molecule has 0 radical (unpaired) electrons. The number of benzene rings is 9. The van der Waals surface area contributed by atoms with Gasteiger partial charge in [0.15, 0.2) is 0 Å². The Balaban J connectivity index is 1.05. The topological polar surface area (TPSA) is 15.3 Å². The molecule has 13 aromatic rings. The molecule has 4 heteroatoms. The van der Waals surface area contributed by atoms with Crippen molar-refractivity contribution in [3.63, 3.8) is 0 Å². The molecule has 9 aromatic carbocycles. The van der Waals surface area contributed by atoms with Crippen LogP contribution in [0.25, 0.3) is 76.2 Å². The van der Waals surface area contributed by atoms with Gasteiger partial charge in [0.05, 0.1) is 60.5 Å². The van der Waals surface area contributed by atoms with Gasteiger partial charge in [0.1, 0.15) is 0 Å². The van der Waals surface area contributed by atoms with E-state index in [1.54, 1.807) is 36.4 Å². The van der Waals surface area contributed by atoms with Crippen molar-refractivity contribution in [2.45, 2.75) is 0 Å². The summed E-state index contributed by atoms with van der Waals surface area (Å²) in [7, 11) is 0. The van der Waals surface area contributed by atoms with E-state index in [0.717, 1.165) is 75.2 Å². The van der Waals surface area contributed by atoms with E-state index in [2.05, 4.69) is 20.9 Å². The minimum absolute atomic E-state index is 0.171. The third-order valence-electron chi connectivity index (χ3n) is 11.1. The van der Waals surface area contributed by atoms with E-state index in [-0.39, 0.29) is 11.4 Å². The first-order valence-corrected chi connectivity index (χ1v) is 18.3. The van der Waals surface area contributed by atoms with Crippen molar-refractivity contribution >= 4 is 110 Å². The van der Waals surface area contributed by atoms with Crippen LogP contribution >= 0.6 is 0 Å². The zero-order valence-corrected chi connectivity index (χ0v) is 29.9. The highest BCUT2D eigenvalue weighted by atomic mass is 15.1. The minimum atomic E-state index is -0.671. The van der Waals surface area contributed by atoms with E-state index in [9.17, 15) is 0 Å². The summed E-state index contributed by atoms with van der Waals surface area (Å²) in [6.07, 6.45) is 0. The highest BCUT2D eigenvalue weighted by molar-refractivity contribution is 6.29. The van der Waals surface area contributed by atoms with Gasteiger partial charge >= 0.3 is 0 Å². The maximum absolute atomic E-state index is 8.98. The second-order valence-corrected chi connectivity index (χ2v) is 13.9. The van der Waals surface area contributed by atoms with Crippen molar-refractivity contribution in [3.05, 3.63) is 206 Å². The lowest BCUT2D eigenvalue weighted by Crippen LogP contribution is -2.09. The Kier molecular flexibility index (Phi) is 3.67. The van der Waals surface area contributed by atoms with Gasteiger partial charge in [0, 0.05) is 77.2 Å². The highest BCUT2D eigenvalue weighted by Crippen LogP contribution is 2.47. The average Bonchev–Trinajstić information content (AvgIpc) is 4.28. The maximum atomic E-state index is 8.98. The number of para-hydroxylation sites is 6. The molecular weight excluding hydrogens is 705 g/mol. The van der Waals surface area contributed by atoms with Crippen LogP contribution in [0.4, 0.5) is 34.1 Å². The first kappa shape index (κ1) is 18.0. The molecule has 0 N–H and O–H groups in total. The molecule has 0 aliphatic carbocycles. The monoisotopic (exact) mass is 758 g/mol. The van der Waals surface area contributed by atoms with Gasteiger partial charge in [0.2, 0.25) is 0 Å². The van der Waals surface area contributed by atoms with Gasteiger partial charge in [-0.2, -0.15) is 0 Å². The third-order valence-corrected chi connectivity index (χ3v) is 11.1.